The minimum atomic E-state index is 0.115. The molecule has 3 nitrogen and oxygen atoms in total. The first-order valence-corrected chi connectivity index (χ1v) is 10.0. The summed E-state index contributed by atoms with van der Waals surface area (Å²) in [7, 11) is 0. The fourth-order valence-electron chi connectivity index (χ4n) is 3.46. The van der Waals surface area contributed by atoms with Gasteiger partial charge in [-0.3, -0.25) is 4.79 Å². The second-order valence-corrected chi connectivity index (χ2v) is 6.33. The van der Waals surface area contributed by atoms with Crippen molar-refractivity contribution in [3.8, 4) is 0 Å². The van der Waals surface area contributed by atoms with E-state index in [0.29, 0.717) is 5.69 Å². The molecule has 2 aliphatic rings. The molecule has 2 heterocycles. The number of hydrogen-bond donors (Lipinski definition) is 0. The van der Waals surface area contributed by atoms with Crippen LogP contribution in [0.3, 0.4) is 0 Å². The monoisotopic (exact) mass is 332 g/mol. The number of pyridine rings is 1. The van der Waals surface area contributed by atoms with Gasteiger partial charge in [0.1, 0.15) is 5.69 Å². The quantitative estimate of drug-likeness (QED) is 0.744. The Hall–Kier alpha value is -1.38. The summed E-state index contributed by atoms with van der Waals surface area (Å²) in [6.07, 6.45) is 7.28. The van der Waals surface area contributed by atoms with Crippen LogP contribution in [0.4, 0.5) is 0 Å². The Morgan fingerprint density at radius 1 is 1.08 bits per heavy atom. The highest BCUT2D eigenvalue weighted by molar-refractivity contribution is 5.92. The summed E-state index contributed by atoms with van der Waals surface area (Å²) in [5.41, 5.74) is 1.73. The summed E-state index contributed by atoms with van der Waals surface area (Å²) < 4.78 is 0. The highest BCUT2D eigenvalue weighted by atomic mass is 16.2. The Morgan fingerprint density at radius 2 is 1.71 bits per heavy atom. The molecule has 0 atom stereocenters. The van der Waals surface area contributed by atoms with Crippen molar-refractivity contribution in [2.24, 2.45) is 11.8 Å². The largest absolute Gasteiger partial charge is 0.337 e. The molecule has 1 aliphatic carbocycles. The zero-order valence-electron chi connectivity index (χ0n) is 16.3. The van der Waals surface area contributed by atoms with E-state index in [0.717, 1.165) is 49.9 Å². The molecule has 3 heteroatoms. The highest BCUT2D eigenvalue weighted by Crippen LogP contribution is 2.37. The average molecular weight is 333 g/mol. The van der Waals surface area contributed by atoms with Crippen molar-refractivity contribution in [3.63, 3.8) is 0 Å². The van der Waals surface area contributed by atoms with Gasteiger partial charge in [0.2, 0.25) is 0 Å². The molecule has 1 aromatic heterocycles. The van der Waals surface area contributed by atoms with Crippen molar-refractivity contribution in [1.82, 2.24) is 9.88 Å². The van der Waals surface area contributed by atoms with E-state index in [1.807, 2.05) is 44.7 Å². The molecule has 3 rings (SSSR count). The Labute approximate surface area is 148 Å². The van der Waals surface area contributed by atoms with E-state index in [1.54, 1.807) is 0 Å². The fraction of sp³-hybridized carbons (Fsp3) is 0.714. The Kier molecular flexibility index (Phi) is 9.66. The summed E-state index contributed by atoms with van der Waals surface area (Å²) >= 11 is 0. The number of amides is 1. The van der Waals surface area contributed by atoms with Gasteiger partial charge in [0.25, 0.3) is 5.91 Å². The van der Waals surface area contributed by atoms with Crippen molar-refractivity contribution in [2.45, 2.75) is 73.1 Å². The maximum Gasteiger partial charge on any atom is 0.272 e. The first-order valence-electron chi connectivity index (χ1n) is 10.0. The zero-order chi connectivity index (χ0) is 17.9. The van der Waals surface area contributed by atoms with Crippen LogP contribution in [0.25, 0.3) is 0 Å². The average Bonchev–Trinajstić information content (AvgIpc) is 3.15. The molecule has 1 saturated carbocycles. The first kappa shape index (κ1) is 20.7. The zero-order valence-corrected chi connectivity index (χ0v) is 16.3. The normalized spacial score (nSPS) is 21.8. The molecular weight excluding hydrogens is 296 g/mol. The van der Waals surface area contributed by atoms with Gasteiger partial charge in [0, 0.05) is 18.8 Å². The molecule has 1 amide bonds. The van der Waals surface area contributed by atoms with Gasteiger partial charge in [-0.15, -0.1) is 0 Å². The van der Waals surface area contributed by atoms with Crippen LogP contribution < -0.4 is 0 Å². The summed E-state index contributed by atoms with van der Waals surface area (Å²) in [6, 6.07) is 5.92. The summed E-state index contributed by atoms with van der Waals surface area (Å²) in [5, 5.41) is 0. The predicted molar refractivity (Wildman–Crippen MR) is 102 cm³/mol. The topological polar surface area (TPSA) is 33.2 Å². The van der Waals surface area contributed by atoms with Crippen LogP contribution in [0, 0.1) is 11.8 Å². The lowest BCUT2D eigenvalue weighted by atomic mass is 9.71. The fourth-order valence-corrected chi connectivity index (χ4v) is 3.46. The molecule has 0 N–H and O–H groups in total. The molecule has 0 unspecified atom stereocenters. The number of aromatic nitrogens is 1. The van der Waals surface area contributed by atoms with Gasteiger partial charge in [-0.05, 0) is 56.1 Å². The van der Waals surface area contributed by atoms with Gasteiger partial charge >= 0.3 is 0 Å². The van der Waals surface area contributed by atoms with E-state index in [-0.39, 0.29) is 5.91 Å². The Balaban J connectivity index is 0.000000671. The molecule has 0 radical (unpaired) electrons. The van der Waals surface area contributed by atoms with Crippen LogP contribution in [0.5, 0.6) is 0 Å². The molecule has 0 bridgehead atoms. The summed E-state index contributed by atoms with van der Waals surface area (Å²) in [4.78, 5) is 18.9. The minimum absolute atomic E-state index is 0.115. The van der Waals surface area contributed by atoms with E-state index >= 15 is 0 Å². The van der Waals surface area contributed by atoms with Gasteiger partial charge in [-0.1, -0.05) is 47.1 Å². The first-order chi connectivity index (χ1) is 11.8. The number of carbonyl (C=O) groups excluding carboxylic acids is 1. The maximum atomic E-state index is 12.3. The summed E-state index contributed by atoms with van der Waals surface area (Å²) in [6.45, 7) is 12.1. The van der Waals surface area contributed by atoms with Crippen molar-refractivity contribution < 1.29 is 4.79 Å². The highest BCUT2D eigenvalue weighted by Gasteiger charge is 2.28. The molecular formula is C21H36N2O. The SMILES string of the molecule is CC.CC.CCC1CC(Cc2cccc(C(=O)N3CCCC3)n2)C1. The smallest absolute Gasteiger partial charge is 0.272 e. The number of likely N-dealkylation sites (tertiary alicyclic amines) is 1. The van der Waals surface area contributed by atoms with E-state index in [9.17, 15) is 4.79 Å². The lowest BCUT2D eigenvalue weighted by molar-refractivity contribution is 0.0786. The third-order valence-electron chi connectivity index (χ3n) is 4.83. The third kappa shape index (κ3) is 5.61. The van der Waals surface area contributed by atoms with Crippen molar-refractivity contribution in [2.75, 3.05) is 13.1 Å². The van der Waals surface area contributed by atoms with Gasteiger partial charge in [-0.25, -0.2) is 4.98 Å². The predicted octanol–water partition coefficient (Wildman–Crippen LogP) is 5.35. The number of rotatable bonds is 4. The van der Waals surface area contributed by atoms with Gasteiger partial charge < -0.3 is 4.90 Å². The molecule has 2 fully saturated rings. The van der Waals surface area contributed by atoms with E-state index < -0.39 is 0 Å². The van der Waals surface area contributed by atoms with Crippen LogP contribution in [-0.2, 0) is 6.42 Å². The summed E-state index contributed by atoms with van der Waals surface area (Å²) in [5.74, 6) is 1.82. The van der Waals surface area contributed by atoms with Crippen LogP contribution in [0.1, 0.15) is 82.9 Å². The molecule has 1 aromatic rings. The Morgan fingerprint density at radius 3 is 2.29 bits per heavy atom. The van der Waals surface area contributed by atoms with E-state index in [2.05, 4.69) is 18.0 Å². The lowest BCUT2D eigenvalue weighted by Crippen LogP contribution is -2.29. The third-order valence-corrected chi connectivity index (χ3v) is 4.83. The van der Waals surface area contributed by atoms with E-state index in [1.165, 1.54) is 19.3 Å². The molecule has 136 valence electrons. The second kappa shape index (κ2) is 11.2. The van der Waals surface area contributed by atoms with E-state index in [4.69, 9.17) is 0 Å². The number of nitrogens with zero attached hydrogens (tertiary/aromatic N) is 2. The van der Waals surface area contributed by atoms with Crippen molar-refractivity contribution in [1.29, 1.82) is 0 Å². The van der Waals surface area contributed by atoms with Crippen molar-refractivity contribution >= 4 is 5.91 Å². The van der Waals surface area contributed by atoms with Gasteiger partial charge in [-0.2, -0.15) is 0 Å². The minimum Gasteiger partial charge on any atom is -0.337 e. The van der Waals surface area contributed by atoms with Crippen LogP contribution in [-0.4, -0.2) is 28.9 Å². The van der Waals surface area contributed by atoms with Gasteiger partial charge in [0.15, 0.2) is 0 Å². The maximum absolute atomic E-state index is 12.3. The molecule has 0 aromatic carbocycles. The second-order valence-electron chi connectivity index (χ2n) is 6.33. The molecule has 0 spiro atoms. The van der Waals surface area contributed by atoms with Gasteiger partial charge in [0.05, 0.1) is 0 Å². The molecule has 1 aliphatic heterocycles. The van der Waals surface area contributed by atoms with Crippen LogP contribution >= 0.6 is 0 Å². The standard InChI is InChI=1S/C17H24N2O.2C2H6/c1-2-13-10-14(11-13)12-15-6-5-7-16(18-15)17(20)19-8-3-4-9-19;2*1-2/h5-7,13-14H,2-4,8-12H2,1H3;2*1-2H3. The molecule has 24 heavy (non-hydrogen) atoms. The van der Waals surface area contributed by atoms with Crippen LogP contribution in [0.2, 0.25) is 0 Å². The number of hydrogen-bond acceptors (Lipinski definition) is 2. The molecule has 1 saturated heterocycles. The van der Waals surface area contributed by atoms with Crippen LogP contribution in [0.15, 0.2) is 18.2 Å². The lowest BCUT2D eigenvalue weighted by Gasteiger charge is -2.34. The Bertz CT molecular complexity index is 474. The van der Waals surface area contributed by atoms with Crippen molar-refractivity contribution in [3.05, 3.63) is 29.6 Å². The number of carbonyl (C=O) groups is 1.